The molecule has 0 bridgehead atoms. The molecule has 2 aromatic rings. The first-order valence-electron chi connectivity index (χ1n) is 10.2. The van der Waals surface area contributed by atoms with E-state index in [9.17, 15) is 0 Å². The minimum atomic E-state index is 0.659. The second kappa shape index (κ2) is 8.95. The van der Waals surface area contributed by atoms with Crippen molar-refractivity contribution in [1.29, 1.82) is 0 Å². The van der Waals surface area contributed by atoms with Crippen LogP contribution in [0, 0.1) is 5.92 Å². The number of aromatic nitrogens is 1. The van der Waals surface area contributed by atoms with Crippen molar-refractivity contribution in [2.24, 2.45) is 10.9 Å². The second-order valence-electron chi connectivity index (χ2n) is 7.53. The standard InChI is InChI=1S/C22H30N6/c1-23-22(27-15-13-26(14-16-27)21-9-5-6-11-24-21)25-17-19-10-12-28(18-19)20-7-3-2-4-8-20/h2-9,11,19H,10,12-18H2,1H3,(H,23,25). The average Bonchev–Trinajstić information content (AvgIpc) is 3.25. The van der Waals surface area contributed by atoms with E-state index in [0.717, 1.165) is 57.6 Å². The highest BCUT2D eigenvalue weighted by Crippen LogP contribution is 2.23. The summed E-state index contributed by atoms with van der Waals surface area (Å²) in [5, 5.41) is 3.62. The van der Waals surface area contributed by atoms with E-state index in [1.54, 1.807) is 0 Å². The van der Waals surface area contributed by atoms with Crippen LogP contribution in [0.15, 0.2) is 59.7 Å². The molecule has 1 aromatic carbocycles. The van der Waals surface area contributed by atoms with E-state index in [0.29, 0.717) is 5.92 Å². The van der Waals surface area contributed by atoms with Gasteiger partial charge in [0.1, 0.15) is 5.82 Å². The van der Waals surface area contributed by atoms with E-state index in [2.05, 4.69) is 72.5 Å². The Bertz CT molecular complexity index is 755. The molecule has 0 spiro atoms. The number of para-hydroxylation sites is 1. The molecule has 1 N–H and O–H groups in total. The number of nitrogens with zero attached hydrogens (tertiary/aromatic N) is 5. The van der Waals surface area contributed by atoms with Crippen molar-refractivity contribution in [1.82, 2.24) is 15.2 Å². The van der Waals surface area contributed by atoms with Gasteiger partial charge in [0.25, 0.3) is 0 Å². The first-order chi connectivity index (χ1) is 13.8. The van der Waals surface area contributed by atoms with Crippen molar-refractivity contribution in [3.8, 4) is 0 Å². The first-order valence-corrected chi connectivity index (χ1v) is 10.2. The highest BCUT2D eigenvalue weighted by atomic mass is 15.4. The maximum atomic E-state index is 4.53. The minimum absolute atomic E-state index is 0.659. The minimum Gasteiger partial charge on any atom is -0.371 e. The highest BCUT2D eigenvalue weighted by molar-refractivity contribution is 5.80. The van der Waals surface area contributed by atoms with Gasteiger partial charge in [-0.1, -0.05) is 24.3 Å². The fraction of sp³-hybridized carbons (Fsp3) is 0.455. The van der Waals surface area contributed by atoms with E-state index in [4.69, 9.17) is 0 Å². The van der Waals surface area contributed by atoms with Crippen LogP contribution in [0.2, 0.25) is 0 Å². The Morgan fingerprint density at radius 1 is 1.00 bits per heavy atom. The zero-order chi connectivity index (χ0) is 19.2. The molecule has 2 aliphatic rings. The molecule has 3 heterocycles. The molecule has 0 saturated carbocycles. The molecular formula is C22H30N6. The fourth-order valence-electron chi connectivity index (χ4n) is 4.13. The van der Waals surface area contributed by atoms with Gasteiger partial charge in [0.2, 0.25) is 0 Å². The number of benzene rings is 1. The summed E-state index contributed by atoms with van der Waals surface area (Å²) < 4.78 is 0. The van der Waals surface area contributed by atoms with Crippen molar-refractivity contribution in [2.45, 2.75) is 6.42 Å². The lowest BCUT2D eigenvalue weighted by molar-refractivity contribution is 0.368. The zero-order valence-corrected chi connectivity index (χ0v) is 16.7. The van der Waals surface area contributed by atoms with Crippen LogP contribution in [0.5, 0.6) is 0 Å². The third kappa shape index (κ3) is 4.38. The zero-order valence-electron chi connectivity index (χ0n) is 16.7. The summed E-state index contributed by atoms with van der Waals surface area (Å²) >= 11 is 0. The molecule has 6 heteroatoms. The van der Waals surface area contributed by atoms with Crippen LogP contribution in [0.25, 0.3) is 0 Å². The molecule has 1 atom stereocenters. The van der Waals surface area contributed by atoms with Crippen LogP contribution in [-0.4, -0.2) is 68.7 Å². The lowest BCUT2D eigenvalue weighted by Gasteiger charge is -2.37. The number of pyridine rings is 1. The van der Waals surface area contributed by atoms with E-state index in [1.807, 2.05) is 19.3 Å². The molecule has 2 saturated heterocycles. The molecule has 2 aliphatic heterocycles. The van der Waals surface area contributed by atoms with Gasteiger partial charge >= 0.3 is 0 Å². The van der Waals surface area contributed by atoms with Crippen LogP contribution < -0.4 is 15.1 Å². The van der Waals surface area contributed by atoms with Gasteiger partial charge in [-0.15, -0.1) is 0 Å². The van der Waals surface area contributed by atoms with E-state index in [1.165, 1.54) is 12.1 Å². The lowest BCUT2D eigenvalue weighted by atomic mass is 10.1. The van der Waals surface area contributed by atoms with Crippen molar-refractivity contribution in [3.63, 3.8) is 0 Å². The van der Waals surface area contributed by atoms with Crippen molar-refractivity contribution < 1.29 is 0 Å². The molecule has 148 valence electrons. The largest absolute Gasteiger partial charge is 0.371 e. The van der Waals surface area contributed by atoms with Gasteiger partial charge in [0.05, 0.1) is 0 Å². The van der Waals surface area contributed by atoms with Crippen LogP contribution in [0.3, 0.4) is 0 Å². The number of aliphatic imine (C=N–C) groups is 1. The molecule has 4 rings (SSSR count). The fourth-order valence-corrected chi connectivity index (χ4v) is 4.13. The number of hydrogen-bond donors (Lipinski definition) is 1. The van der Waals surface area contributed by atoms with Crippen molar-refractivity contribution in [2.75, 3.05) is 62.7 Å². The SMILES string of the molecule is CN=C(NCC1CCN(c2ccccc2)C1)N1CCN(c2ccccn2)CC1. The second-order valence-corrected chi connectivity index (χ2v) is 7.53. The first kappa shape index (κ1) is 18.6. The van der Waals surface area contributed by atoms with E-state index in [-0.39, 0.29) is 0 Å². The van der Waals surface area contributed by atoms with Crippen molar-refractivity contribution >= 4 is 17.5 Å². The van der Waals surface area contributed by atoms with Crippen LogP contribution in [0.4, 0.5) is 11.5 Å². The highest BCUT2D eigenvalue weighted by Gasteiger charge is 2.24. The Hall–Kier alpha value is -2.76. The summed E-state index contributed by atoms with van der Waals surface area (Å²) in [5.74, 6) is 2.75. The lowest BCUT2D eigenvalue weighted by Crippen LogP contribution is -2.53. The van der Waals surface area contributed by atoms with Gasteiger partial charge in [-0.25, -0.2) is 4.98 Å². The van der Waals surface area contributed by atoms with Crippen molar-refractivity contribution in [3.05, 3.63) is 54.7 Å². The normalized spacial score (nSPS) is 20.5. The summed E-state index contributed by atoms with van der Waals surface area (Å²) in [7, 11) is 1.89. The van der Waals surface area contributed by atoms with Crippen LogP contribution in [-0.2, 0) is 0 Å². The maximum Gasteiger partial charge on any atom is 0.193 e. The van der Waals surface area contributed by atoms with Gasteiger partial charge in [0.15, 0.2) is 5.96 Å². The Balaban J connectivity index is 1.25. The summed E-state index contributed by atoms with van der Waals surface area (Å²) in [4.78, 5) is 16.2. The predicted octanol–water partition coefficient (Wildman–Crippen LogP) is 2.31. The van der Waals surface area contributed by atoms with E-state index < -0.39 is 0 Å². The Morgan fingerprint density at radius 2 is 1.79 bits per heavy atom. The molecule has 0 amide bonds. The predicted molar refractivity (Wildman–Crippen MR) is 116 cm³/mol. The number of nitrogens with one attached hydrogen (secondary N) is 1. The molecule has 1 unspecified atom stereocenters. The number of anilines is 2. The Labute approximate surface area is 167 Å². The molecule has 0 radical (unpaired) electrons. The van der Waals surface area contributed by atoms with Crippen LogP contribution >= 0.6 is 0 Å². The smallest absolute Gasteiger partial charge is 0.193 e. The van der Waals surface area contributed by atoms with Gasteiger partial charge in [-0.3, -0.25) is 4.99 Å². The van der Waals surface area contributed by atoms with E-state index >= 15 is 0 Å². The quantitative estimate of drug-likeness (QED) is 0.653. The van der Waals surface area contributed by atoms with Gasteiger partial charge in [-0.2, -0.15) is 0 Å². The molecule has 28 heavy (non-hydrogen) atoms. The Kier molecular flexibility index (Phi) is 5.95. The topological polar surface area (TPSA) is 47.0 Å². The van der Waals surface area contributed by atoms with Gasteiger partial charge < -0.3 is 20.0 Å². The van der Waals surface area contributed by atoms with Gasteiger partial charge in [-0.05, 0) is 36.6 Å². The van der Waals surface area contributed by atoms with Crippen LogP contribution in [0.1, 0.15) is 6.42 Å². The summed E-state index contributed by atoms with van der Waals surface area (Å²) in [6, 6.07) is 16.8. The third-order valence-electron chi connectivity index (χ3n) is 5.72. The number of piperazine rings is 1. The summed E-state index contributed by atoms with van der Waals surface area (Å²) in [5.41, 5.74) is 1.33. The maximum absolute atomic E-state index is 4.53. The number of hydrogen-bond acceptors (Lipinski definition) is 4. The monoisotopic (exact) mass is 378 g/mol. The number of guanidine groups is 1. The molecular weight excluding hydrogens is 348 g/mol. The molecule has 1 aromatic heterocycles. The van der Waals surface area contributed by atoms with Gasteiger partial charge in [0, 0.05) is 64.7 Å². The Morgan fingerprint density at radius 3 is 2.50 bits per heavy atom. The number of rotatable bonds is 4. The summed E-state index contributed by atoms with van der Waals surface area (Å²) in [6.45, 7) is 7.12. The molecule has 0 aliphatic carbocycles. The summed E-state index contributed by atoms with van der Waals surface area (Å²) in [6.07, 6.45) is 3.09. The average molecular weight is 379 g/mol. The third-order valence-corrected chi connectivity index (χ3v) is 5.72. The molecule has 6 nitrogen and oxygen atoms in total. The molecule has 2 fully saturated rings.